The van der Waals surface area contributed by atoms with Crippen molar-refractivity contribution in [3.63, 3.8) is 0 Å². The highest BCUT2D eigenvalue weighted by molar-refractivity contribution is 5.53. The molecule has 98 valence electrons. The Kier molecular flexibility index (Phi) is 3.24. The van der Waals surface area contributed by atoms with Gasteiger partial charge in [0.2, 0.25) is 0 Å². The predicted octanol–water partition coefficient (Wildman–Crippen LogP) is 4.62. The van der Waals surface area contributed by atoms with Gasteiger partial charge >= 0.3 is 0 Å². The van der Waals surface area contributed by atoms with Crippen molar-refractivity contribution in [1.29, 1.82) is 0 Å². The van der Waals surface area contributed by atoms with Crippen LogP contribution in [0.15, 0.2) is 42.5 Å². The summed E-state index contributed by atoms with van der Waals surface area (Å²) in [7, 11) is 0. The van der Waals surface area contributed by atoms with E-state index in [1.165, 1.54) is 23.6 Å². The molecule has 2 heteroatoms. The third-order valence-corrected chi connectivity index (χ3v) is 3.97. The van der Waals surface area contributed by atoms with E-state index >= 15 is 0 Å². The highest BCUT2D eigenvalue weighted by Crippen LogP contribution is 2.33. The minimum absolute atomic E-state index is 0.144. The summed E-state index contributed by atoms with van der Waals surface area (Å²) in [6, 6.07) is 14.1. The third-order valence-electron chi connectivity index (χ3n) is 3.97. The second kappa shape index (κ2) is 5.04. The van der Waals surface area contributed by atoms with Crippen molar-refractivity contribution < 1.29 is 4.39 Å². The molecule has 1 nitrogen and oxygen atoms in total. The average molecular weight is 255 g/mol. The number of nitrogens with one attached hydrogen (secondary N) is 1. The molecule has 0 aliphatic heterocycles. The Morgan fingerprint density at radius 3 is 2.84 bits per heavy atom. The molecule has 1 atom stereocenters. The lowest BCUT2D eigenvalue weighted by Gasteiger charge is -2.28. The van der Waals surface area contributed by atoms with E-state index in [-0.39, 0.29) is 5.82 Å². The molecule has 0 saturated carbocycles. The van der Waals surface area contributed by atoms with Crippen LogP contribution in [0.3, 0.4) is 0 Å². The van der Waals surface area contributed by atoms with E-state index < -0.39 is 0 Å². The van der Waals surface area contributed by atoms with Gasteiger partial charge in [-0.1, -0.05) is 30.3 Å². The van der Waals surface area contributed by atoms with Gasteiger partial charge in [-0.3, -0.25) is 0 Å². The second-order valence-electron chi connectivity index (χ2n) is 5.20. The molecule has 2 aromatic rings. The van der Waals surface area contributed by atoms with Crippen LogP contribution in [0.2, 0.25) is 0 Å². The van der Waals surface area contributed by atoms with Crippen molar-refractivity contribution >= 4 is 5.69 Å². The summed E-state index contributed by atoms with van der Waals surface area (Å²) in [6.07, 6.45) is 3.44. The smallest absolute Gasteiger partial charge is 0.128 e. The van der Waals surface area contributed by atoms with Gasteiger partial charge in [0, 0.05) is 11.3 Å². The van der Waals surface area contributed by atoms with Gasteiger partial charge in [-0.2, -0.15) is 0 Å². The highest BCUT2D eigenvalue weighted by atomic mass is 19.1. The van der Waals surface area contributed by atoms with Crippen LogP contribution in [0.1, 0.15) is 35.6 Å². The lowest BCUT2D eigenvalue weighted by Crippen LogP contribution is -2.17. The van der Waals surface area contributed by atoms with Crippen molar-refractivity contribution in [3.8, 4) is 0 Å². The average Bonchev–Trinajstić information content (AvgIpc) is 2.44. The van der Waals surface area contributed by atoms with Crippen molar-refractivity contribution in [2.75, 3.05) is 5.32 Å². The van der Waals surface area contributed by atoms with Gasteiger partial charge in [-0.05, 0) is 49.4 Å². The molecule has 3 rings (SSSR count). The highest BCUT2D eigenvalue weighted by Gasteiger charge is 2.20. The molecule has 1 aliphatic carbocycles. The molecular formula is C17H18FN. The van der Waals surface area contributed by atoms with Crippen molar-refractivity contribution in [2.24, 2.45) is 0 Å². The van der Waals surface area contributed by atoms with E-state index in [1.54, 1.807) is 6.07 Å². The molecule has 0 saturated heterocycles. The first-order chi connectivity index (χ1) is 9.25. The number of hydrogen-bond donors (Lipinski definition) is 1. The molecule has 0 fully saturated rings. The predicted molar refractivity (Wildman–Crippen MR) is 76.9 cm³/mol. The summed E-state index contributed by atoms with van der Waals surface area (Å²) in [4.78, 5) is 0. The minimum Gasteiger partial charge on any atom is -0.378 e. The SMILES string of the molecule is Cc1c(F)cccc1NC1CCCc2ccccc21. The molecule has 0 bridgehead atoms. The Labute approximate surface area is 113 Å². The maximum atomic E-state index is 13.6. The summed E-state index contributed by atoms with van der Waals surface area (Å²) < 4.78 is 13.6. The molecule has 1 N–H and O–H groups in total. The van der Waals surface area contributed by atoms with E-state index in [2.05, 4.69) is 29.6 Å². The van der Waals surface area contributed by atoms with Crippen molar-refractivity contribution in [3.05, 3.63) is 65.0 Å². The Balaban J connectivity index is 1.91. The lowest BCUT2D eigenvalue weighted by molar-refractivity contribution is 0.595. The molecule has 0 spiro atoms. The van der Waals surface area contributed by atoms with Gasteiger partial charge < -0.3 is 5.32 Å². The Hall–Kier alpha value is -1.83. The lowest BCUT2D eigenvalue weighted by atomic mass is 9.87. The van der Waals surface area contributed by atoms with Gasteiger partial charge in [0.25, 0.3) is 0 Å². The summed E-state index contributed by atoms with van der Waals surface area (Å²) in [5.41, 5.74) is 4.38. The quantitative estimate of drug-likeness (QED) is 0.825. The largest absolute Gasteiger partial charge is 0.378 e. The Bertz CT molecular complexity index is 592. The first-order valence-electron chi connectivity index (χ1n) is 6.85. The minimum atomic E-state index is -0.144. The van der Waals surface area contributed by atoms with Crippen LogP contribution in [0.4, 0.5) is 10.1 Å². The van der Waals surface area contributed by atoms with Crippen molar-refractivity contribution in [2.45, 2.75) is 32.2 Å². The van der Waals surface area contributed by atoms with Gasteiger partial charge in [0.1, 0.15) is 5.82 Å². The van der Waals surface area contributed by atoms with Crippen LogP contribution in [0.25, 0.3) is 0 Å². The first kappa shape index (κ1) is 12.2. The number of hydrogen-bond acceptors (Lipinski definition) is 1. The van der Waals surface area contributed by atoms with Crippen LogP contribution in [-0.2, 0) is 6.42 Å². The summed E-state index contributed by atoms with van der Waals surface area (Å²) in [6.45, 7) is 1.83. The summed E-state index contributed by atoms with van der Waals surface area (Å²) >= 11 is 0. The second-order valence-corrected chi connectivity index (χ2v) is 5.20. The molecule has 1 unspecified atom stereocenters. The first-order valence-corrected chi connectivity index (χ1v) is 6.85. The molecule has 0 aromatic heterocycles. The van der Waals surface area contributed by atoms with Crippen LogP contribution in [-0.4, -0.2) is 0 Å². The van der Waals surface area contributed by atoms with Gasteiger partial charge in [-0.25, -0.2) is 4.39 Å². The zero-order valence-electron chi connectivity index (χ0n) is 11.1. The number of halogens is 1. The normalized spacial score (nSPS) is 17.9. The molecule has 1 aliphatic rings. The molecule has 0 amide bonds. The van der Waals surface area contributed by atoms with E-state index in [0.29, 0.717) is 11.6 Å². The fourth-order valence-electron chi connectivity index (χ4n) is 2.86. The van der Waals surface area contributed by atoms with Crippen LogP contribution < -0.4 is 5.32 Å². The standard InChI is InChI=1S/C17H18FN/c1-12-15(18)9-5-10-16(12)19-17-11-4-7-13-6-2-3-8-14(13)17/h2-3,5-6,8-10,17,19H,4,7,11H2,1H3. The fraction of sp³-hybridized carbons (Fsp3) is 0.294. The molecule has 0 heterocycles. The third kappa shape index (κ3) is 2.35. The van der Waals surface area contributed by atoms with Crippen LogP contribution >= 0.6 is 0 Å². The zero-order valence-corrected chi connectivity index (χ0v) is 11.1. The molecular weight excluding hydrogens is 237 g/mol. The monoisotopic (exact) mass is 255 g/mol. The fourth-order valence-corrected chi connectivity index (χ4v) is 2.86. The maximum absolute atomic E-state index is 13.6. The van der Waals surface area contributed by atoms with Gasteiger partial charge in [-0.15, -0.1) is 0 Å². The van der Waals surface area contributed by atoms with Crippen LogP contribution in [0, 0.1) is 12.7 Å². The van der Waals surface area contributed by atoms with Gasteiger partial charge in [0.15, 0.2) is 0 Å². The number of fused-ring (bicyclic) bond motifs is 1. The molecule has 19 heavy (non-hydrogen) atoms. The zero-order chi connectivity index (χ0) is 13.2. The van der Waals surface area contributed by atoms with E-state index in [4.69, 9.17) is 0 Å². The van der Waals surface area contributed by atoms with Gasteiger partial charge in [0.05, 0.1) is 6.04 Å². The Morgan fingerprint density at radius 2 is 1.95 bits per heavy atom. The maximum Gasteiger partial charge on any atom is 0.128 e. The summed E-state index contributed by atoms with van der Waals surface area (Å²) in [5, 5.41) is 3.51. The molecule has 0 radical (unpaired) electrons. The van der Waals surface area contributed by atoms with Crippen LogP contribution in [0.5, 0.6) is 0 Å². The molecule has 2 aromatic carbocycles. The van der Waals surface area contributed by atoms with E-state index in [0.717, 1.165) is 18.5 Å². The Morgan fingerprint density at radius 1 is 1.11 bits per heavy atom. The topological polar surface area (TPSA) is 12.0 Å². The summed E-state index contributed by atoms with van der Waals surface area (Å²) in [5.74, 6) is -0.144. The van der Waals surface area contributed by atoms with E-state index in [1.807, 2.05) is 13.0 Å². The number of aryl methyl sites for hydroxylation is 1. The van der Waals surface area contributed by atoms with Crippen molar-refractivity contribution in [1.82, 2.24) is 0 Å². The number of benzene rings is 2. The number of rotatable bonds is 2. The van der Waals surface area contributed by atoms with E-state index in [9.17, 15) is 4.39 Å². The number of anilines is 1.